The van der Waals surface area contributed by atoms with Crippen LogP contribution in [0.3, 0.4) is 0 Å². The quantitative estimate of drug-likeness (QED) is 0.267. The van der Waals surface area contributed by atoms with Crippen LogP contribution in [0.1, 0.15) is 11.1 Å². The summed E-state index contributed by atoms with van der Waals surface area (Å²) in [7, 11) is 0. The number of ether oxygens (including phenoxy) is 1. The van der Waals surface area contributed by atoms with Gasteiger partial charge in [0.05, 0.1) is 18.9 Å². The van der Waals surface area contributed by atoms with E-state index in [4.69, 9.17) is 4.74 Å². The molecule has 0 N–H and O–H groups in total. The molecule has 2 heteroatoms. The van der Waals surface area contributed by atoms with E-state index in [-0.39, 0.29) is 0 Å². The zero-order valence-corrected chi connectivity index (χ0v) is 17.9. The van der Waals surface area contributed by atoms with Gasteiger partial charge in [0.1, 0.15) is 0 Å². The van der Waals surface area contributed by atoms with Crippen LogP contribution < -0.4 is 4.90 Å². The van der Waals surface area contributed by atoms with E-state index in [1.807, 2.05) is 18.2 Å². The summed E-state index contributed by atoms with van der Waals surface area (Å²) in [4.78, 5) is 2.32. The van der Waals surface area contributed by atoms with Gasteiger partial charge in [-0.3, -0.25) is 0 Å². The standard InChI is InChI=1S/C30H25NO/c1-3-10-24(11-4-1)22-32-23-25-18-20-28(21-19-25)31(27-14-5-2-6-15-27)30-17-9-13-26-12-7-8-16-29(26)30/h1-21H,22-23H2. The fourth-order valence-electron chi connectivity index (χ4n) is 4.01. The number of nitrogens with zero attached hydrogens (tertiary/aromatic N) is 1. The van der Waals surface area contributed by atoms with Crippen molar-refractivity contribution in [3.05, 3.63) is 139 Å². The average Bonchev–Trinajstić information content (AvgIpc) is 2.87. The molecular formula is C30H25NO. The van der Waals surface area contributed by atoms with Gasteiger partial charge in [-0.25, -0.2) is 0 Å². The fourth-order valence-corrected chi connectivity index (χ4v) is 4.01. The molecule has 32 heavy (non-hydrogen) atoms. The van der Waals surface area contributed by atoms with Crippen LogP contribution in [0.4, 0.5) is 17.1 Å². The van der Waals surface area contributed by atoms with Gasteiger partial charge >= 0.3 is 0 Å². The highest BCUT2D eigenvalue weighted by atomic mass is 16.5. The molecule has 0 radical (unpaired) electrons. The molecule has 5 aromatic rings. The maximum atomic E-state index is 5.92. The Morgan fingerprint density at radius 1 is 0.469 bits per heavy atom. The molecule has 0 saturated carbocycles. The minimum absolute atomic E-state index is 0.592. The van der Waals surface area contributed by atoms with Crippen molar-refractivity contribution in [3.63, 3.8) is 0 Å². The molecular weight excluding hydrogens is 390 g/mol. The highest BCUT2D eigenvalue weighted by Gasteiger charge is 2.14. The smallest absolute Gasteiger partial charge is 0.0721 e. The summed E-state index contributed by atoms with van der Waals surface area (Å²) in [6.45, 7) is 1.21. The minimum Gasteiger partial charge on any atom is -0.372 e. The lowest BCUT2D eigenvalue weighted by atomic mass is 10.1. The zero-order valence-electron chi connectivity index (χ0n) is 17.9. The number of para-hydroxylation sites is 1. The maximum absolute atomic E-state index is 5.92. The van der Waals surface area contributed by atoms with Gasteiger partial charge in [-0.2, -0.15) is 0 Å². The summed E-state index contributed by atoms with van der Waals surface area (Å²) >= 11 is 0. The van der Waals surface area contributed by atoms with Gasteiger partial charge in [0.25, 0.3) is 0 Å². The molecule has 0 aromatic heterocycles. The van der Waals surface area contributed by atoms with E-state index < -0.39 is 0 Å². The van der Waals surface area contributed by atoms with Crippen LogP contribution in [0.15, 0.2) is 127 Å². The van der Waals surface area contributed by atoms with Gasteiger partial charge in [-0.1, -0.05) is 97.1 Å². The van der Waals surface area contributed by atoms with Crippen LogP contribution in [-0.2, 0) is 18.0 Å². The second kappa shape index (κ2) is 9.51. The lowest BCUT2D eigenvalue weighted by Crippen LogP contribution is -2.10. The molecule has 0 bridgehead atoms. The predicted octanol–water partition coefficient (Wildman–Crippen LogP) is 8.03. The summed E-state index contributed by atoms with van der Waals surface area (Å²) in [5, 5.41) is 2.46. The summed E-state index contributed by atoms with van der Waals surface area (Å²) in [5.74, 6) is 0. The molecule has 156 valence electrons. The molecule has 0 aliphatic heterocycles. The van der Waals surface area contributed by atoms with Crippen molar-refractivity contribution < 1.29 is 4.74 Å². The lowest BCUT2D eigenvalue weighted by molar-refractivity contribution is 0.107. The number of anilines is 3. The second-order valence-electron chi connectivity index (χ2n) is 7.81. The third kappa shape index (κ3) is 4.41. The normalized spacial score (nSPS) is 10.9. The number of hydrogen-bond donors (Lipinski definition) is 0. The topological polar surface area (TPSA) is 12.5 Å². The first kappa shape index (κ1) is 20.0. The fraction of sp³-hybridized carbons (Fsp3) is 0.0667. The minimum atomic E-state index is 0.592. The molecule has 0 saturated heterocycles. The van der Waals surface area contributed by atoms with Gasteiger partial charge in [0, 0.05) is 16.8 Å². The van der Waals surface area contributed by atoms with Gasteiger partial charge in [0.2, 0.25) is 0 Å². The number of rotatable bonds is 7. The number of fused-ring (bicyclic) bond motifs is 1. The molecule has 5 rings (SSSR count). The molecule has 0 aliphatic carbocycles. The Balaban J connectivity index is 1.43. The van der Waals surface area contributed by atoms with Crippen molar-refractivity contribution >= 4 is 27.8 Å². The van der Waals surface area contributed by atoms with Crippen LogP contribution >= 0.6 is 0 Å². The van der Waals surface area contributed by atoms with E-state index in [1.165, 1.54) is 22.0 Å². The van der Waals surface area contributed by atoms with E-state index in [1.54, 1.807) is 0 Å². The first-order valence-corrected chi connectivity index (χ1v) is 10.9. The van der Waals surface area contributed by atoms with E-state index in [2.05, 4.69) is 114 Å². The number of benzene rings is 5. The Hall–Kier alpha value is -3.88. The Bertz CT molecular complexity index is 1280. The summed E-state index contributed by atoms with van der Waals surface area (Å²) in [6, 6.07) is 44.5. The van der Waals surface area contributed by atoms with E-state index in [9.17, 15) is 0 Å². The molecule has 5 aromatic carbocycles. The van der Waals surface area contributed by atoms with E-state index in [0.29, 0.717) is 13.2 Å². The van der Waals surface area contributed by atoms with Crippen LogP contribution in [0.25, 0.3) is 10.8 Å². The monoisotopic (exact) mass is 415 g/mol. The van der Waals surface area contributed by atoms with Gasteiger partial charge in [-0.05, 0) is 46.8 Å². The van der Waals surface area contributed by atoms with Gasteiger partial charge in [-0.15, -0.1) is 0 Å². The van der Waals surface area contributed by atoms with Gasteiger partial charge < -0.3 is 9.64 Å². The van der Waals surface area contributed by atoms with Crippen molar-refractivity contribution in [2.24, 2.45) is 0 Å². The third-order valence-corrected chi connectivity index (χ3v) is 5.60. The molecule has 0 unspecified atom stereocenters. The molecule has 2 nitrogen and oxygen atoms in total. The highest BCUT2D eigenvalue weighted by Crippen LogP contribution is 2.38. The summed E-state index contributed by atoms with van der Waals surface area (Å²) in [6.07, 6.45) is 0. The van der Waals surface area contributed by atoms with Crippen LogP contribution in [-0.4, -0.2) is 0 Å². The summed E-state index contributed by atoms with van der Waals surface area (Å²) in [5.41, 5.74) is 5.78. The SMILES string of the molecule is c1ccc(COCc2ccc(N(c3ccccc3)c3cccc4ccccc34)cc2)cc1. The Labute approximate surface area is 189 Å². The van der Waals surface area contributed by atoms with Crippen molar-refractivity contribution in [3.8, 4) is 0 Å². The van der Waals surface area contributed by atoms with E-state index in [0.717, 1.165) is 16.9 Å². The molecule has 0 spiro atoms. The first-order chi connectivity index (χ1) is 15.9. The van der Waals surface area contributed by atoms with Crippen molar-refractivity contribution in [1.29, 1.82) is 0 Å². The largest absolute Gasteiger partial charge is 0.372 e. The third-order valence-electron chi connectivity index (χ3n) is 5.60. The Morgan fingerprint density at radius 3 is 1.78 bits per heavy atom. The molecule has 0 aliphatic rings. The molecule has 0 amide bonds. The maximum Gasteiger partial charge on any atom is 0.0721 e. The molecule has 0 heterocycles. The Morgan fingerprint density at radius 2 is 1.03 bits per heavy atom. The van der Waals surface area contributed by atoms with Crippen molar-refractivity contribution in [2.45, 2.75) is 13.2 Å². The zero-order chi connectivity index (χ0) is 21.6. The lowest BCUT2D eigenvalue weighted by Gasteiger charge is -2.27. The van der Waals surface area contributed by atoms with E-state index >= 15 is 0 Å². The number of hydrogen-bond acceptors (Lipinski definition) is 2. The predicted molar refractivity (Wildman–Crippen MR) is 134 cm³/mol. The van der Waals surface area contributed by atoms with Gasteiger partial charge in [0.15, 0.2) is 0 Å². The second-order valence-corrected chi connectivity index (χ2v) is 7.81. The van der Waals surface area contributed by atoms with Crippen molar-refractivity contribution in [2.75, 3.05) is 4.90 Å². The van der Waals surface area contributed by atoms with Crippen LogP contribution in [0.5, 0.6) is 0 Å². The highest BCUT2D eigenvalue weighted by molar-refractivity contribution is 5.98. The Kier molecular flexibility index (Phi) is 5.95. The molecule has 0 fully saturated rings. The van der Waals surface area contributed by atoms with Crippen LogP contribution in [0.2, 0.25) is 0 Å². The summed E-state index contributed by atoms with van der Waals surface area (Å²) < 4.78 is 5.92. The molecule has 0 atom stereocenters. The average molecular weight is 416 g/mol. The van der Waals surface area contributed by atoms with Crippen LogP contribution in [0, 0.1) is 0 Å². The first-order valence-electron chi connectivity index (χ1n) is 10.9. The van der Waals surface area contributed by atoms with Crippen molar-refractivity contribution in [1.82, 2.24) is 0 Å².